The van der Waals surface area contributed by atoms with Gasteiger partial charge in [0.25, 0.3) is 0 Å². The summed E-state index contributed by atoms with van der Waals surface area (Å²) in [4.78, 5) is 60.7. The molecule has 0 amide bonds. The molecule has 0 aliphatic heterocycles. The Balaban J connectivity index is 0.000000120. The lowest BCUT2D eigenvalue weighted by Crippen LogP contribution is -1.99. The number of benzene rings is 7. The smallest absolute Gasteiger partial charge is 0.181 e. The fraction of sp³-hybridized carbons (Fsp3) is 0.0833. The Morgan fingerprint density at radius 2 is 0.693 bits per heavy atom. The van der Waals surface area contributed by atoms with Crippen molar-refractivity contribution in [1.82, 2.24) is 80.0 Å². The van der Waals surface area contributed by atoms with Gasteiger partial charge in [0.1, 0.15) is 16.9 Å². The molecule has 8 heterocycles. The summed E-state index contributed by atoms with van der Waals surface area (Å²) in [5, 5.41) is 7.93. The Morgan fingerprint density at radius 1 is 0.250 bits per heavy atom. The minimum absolute atomic E-state index is 0.672. The van der Waals surface area contributed by atoms with E-state index in [-0.39, 0.29) is 0 Å². The van der Waals surface area contributed by atoms with Crippen LogP contribution in [-0.2, 0) is 0 Å². The summed E-state index contributed by atoms with van der Waals surface area (Å²) in [5.74, 6) is 2.83. The van der Waals surface area contributed by atoms with Crippen LogP contribution in [0.1, 0.15) is 34.2 Å². The van der Waals surface area contributed by atoms with Crippen LogP contribution >= 0.6 is 0 Å². The predicted molar refractivity (Wildman–Crippen MR) is 349 cm³/mol. The van der Waals surface area contributed by atoms with Crippen LogP contribution in [0.2, 0.25) is 0 Å². The van der Waals surface area contributed by atoms with Crippen molar-refractivity contribution in [1.29, 1.82) is 0 Å². The van der Waals surface area contributed by atoms with E-state index in [9.17, 15) is 0 Å². The number of rotatable bonds is 5. The van der Waals surface area contributed by atoms with E-state index in [0.29, 0.717) is 23.1 Å². The molecule has 0 fully saturated rings. The van der Waals surface area contributed by atoms with E-state index < -0.39 is 0 Å². The van der Waals surface area contributed by atoms with Crippen molar-refractivity contribution in [3.8, 4) is 56.7 Å². The van der Waals surface area contributed by atoms with Gasteiger partial charge in [0.15, 0.2) is 23.1 Å². The van der Waals surface area contributed by atoms with Gasteiger partial charge in [-0.3, -0.25) is 19.9 Å². The molecule has 0 bridgehead atoms. The van der Waals surface area contributed by atoms with E-state index in [1.807, 2.05) is 211 Å². The monoisotopic (exact) mass is 1150 g/mol. The molecule has 7 aromatic carbocycles. The first-order chi connectivity index (χ1) is 43.1. The number of nitrogens with zero attached hydrogens (tertiary/aromatic N) is 16. The van der Waals surface area contributed by atoms with E-state index in [4.69, 9.17) is 9.97 Å². The van der Waals surface area contributed by atoms with Gasteiger partial charge in [0.05, 0.1) is 74.1 Å². The van der Waals surface area contributed by atoms with Gasteiger partial charge in [-0.15, -0.1) is 5.10 Å². The van der Waals surface area contributed by atoms with Crippen LogP contribution in [0, 0.1) is 41.5 Å². The Kier molecular flexibility index (Phi) is 20.0. The number of para-hydroxylation sites is 2. The number of pyridine rings is 2. The molecule has 0 atom stereocenters. The van der Waals surface area contributed by atoms with Gasteiger partial charge < -0.3 is 0 Å². The van der Waals surface area contributed by atoms with Crippen LogP contribution in [0.4, 0.5) is 0 Å². The van der Waals surface area contributed by atoms with Crippen LogP contribution < -0.4 is 0 Å². The van der Waals surface area contributed by atoms with Gasteiger partial charge in [0, 0.05) is 58.8 Å². The van der Waals surface area contributed by atoms with E-state index in [1.165, 1.54) is 5.56 Å². The average Bonchev–Trinajstić information content (AvgIpc) is 1.70. The molecule has 0 aliphatic rings. The fourth-order valence-electron chi connectivity index (χ4n) is 8.67. The summed E-state index contributed by atoms with van der Waals surface area (Å²) in [6.07, 6.45) is 12.1. The van der Waals surface area contributed by atoms with Crippen molar-refractivity contribution in [3.05, 3.63) is 290 Å². The zero-order valence-corrected chi connectivity index (χ0v) is 49.4. The molecule has 0 saturated carbocycles. The van der Waals surface area contributed by atoms with Gasteiger partial charge in [-0.1, -0.05) is 170 Å². The Bertz CT molecular complexity index is 4440. The van der Waals surface area contributed by atoms with Crippen molar-refractivity contribution in [2.24, 2.45) is 0 Å². The lowest BCUT2D eigenvalue weighted by Gasteiger charge is -2.10. The van der Waals surface area contributed by atoms with Gasteiger partial charge in [-0.25, -0.2) is 49.8 Å². The molecule has 0 saturated heterocycles. The number of fused-ring (bicyclic) bond motifs is 4. The highest BCUT2D eigenvalue weighted by molar-refractivity contribution is 5.86. The van der Waals surface area contributed by atoms with Crippen LogP contribution in [0.5, 0.6) is 0 Å². The topological polar surface area (TPSA) is 206 Å². The number of hydrogen-bond acceptors (Lipinski definition) is 16. The second-order valence-electron chi connectivity index (χ2n) is 19.9. The lowest BCUT2D eigenvalue weighted by atomic mass is 10.0. The third-order valence-electron chi connectivity index (χ3n) is 12.9. The van der Waals surface area contributed by atoms with Crippen molar-refractivity contribution >= 4 is 44.3 Å². The highest BCUT2D eigenvalue weighted by atomic mass is 15.1. The second-order valence-corrected chi connectivity index (χ2v) is 19.9. The van der Waals surface area contributed by atoms with E-state index in [1.54, 1.807) is 43.4 Å². The van der Waals surface area contributed by atoms with E-state index in [2.05, 4.69) is 113 Å². The van der Waals surface area contributed by atoms with Crippen molar-refractivity contribution in [2.45, 2.75) is 41.5 Å². The number of aromatic nitrogens is 16. The molecule has 15 rings (SSSR count). The van der Waals surface area contributed by atoms with Crippen molar-refractivity contribution in [3.63, 3.8) is 0 Å². The molecule has 16 heteroatoms. The molecule has 428 valence electrons. The molecular formula is C72H60N16. The second kappa shape index (κ2) is 29.6. The molecule has 0 radical (unpaired) electrons. The molecular weight excluding hydrogens is 1090 g/mol. The first kappa shape index (κ1) is 59.4. The van der Waals surface area contributed by atoms with Gasteiger partial charge in [0.2, 0.25) is 0 Å². The summed E-state index contributed by atoms with van der Waals surface area (Å²) in [6, 6.07) is 69.9. The molecule has 15 aromatic rings. The van der Waals surface area contributed by atoms with Gasteiger partial charge in [-0.05, 0) is 89.6 Å². The zero-order chi connectivity index (χ0) is 60.9. The van der Waals surface area contributed by atoms with Crippen LogP contribution in [0.3, 0.4) is 0 Å². The van der Waals surface area contributed by atoms with Crippen LogP contribution in [0.15, 0.2) is 256 Å². The highest BCUT2D eigenvalue weighted by Gasteiger charge is 2.13. The lowest BCUT2D eigenvalue weighted by molar-refractivity contribution is 0.935. The maximum atomic E-state index is 4.92. The third kappa shape index (κ3) is 16.5. The molecule has 0 N–H and O–H groups in total. The maximum Gasteiger partial charge on any atom is 0.181 e. The first-order valence-corrected chi connectivity index (χ1v) is 28.3. The summed E-state index contributed by atoms with van der Waals surface area (Å²) >= 11 is 0. The number of hydrogen-bond donors (Lipinski definition) is 0. The molecule has 0 unspecified atom stereocenters. The maximum absolute atomic E-state index is 4.92. The highest BCUT2D eigenvalue weighted by Crippen LogP contribution is 2.31. The number of aryl methyl sites for hydroxylation is 6. The Labute approximate surface area is 509 Å². The van der Waals surface area contributed by atoms with Crippen LogP contribution in [-0.4, -0.2) is 80.0 Å². The summed E-state index contributed by atoms with van der Waals surface area (Å²) < 4.78 is 0. The zero-order valence-electron chi connectivity index (χ0n) is 49.4. The third-order valence-corrected chi connectivity index (χ3v) is 12.9. The van der Waals surface area contributed by atoms with Gasteiger partial charge in [-0.2, -0.15) is 5.10 Å². The predicted octanol–water partition coefficient (Wildman–Crippen LogP) is 15.2. The van der Waals surface area contributed by atoms with Crippen LogP contribution in [0.25, 0.3) is 101 Å². The first-order valence-electron chi connectivity index (χ1n) is 28.3. The van der Waals surface area contributed by atoms with Gasteiger partial charge >= 0.3 is 0 Å². The summed E-state index contributed by atoms with van der Waals surface area (Å²) in [7, 11) is 0. The van der Waals surface area contributed by atoms with E-state index >= 15 is 0 Å². The summed E-state index contributed by atoms with van der Waals surface area (Å²) in [6.45, 7) is 11.6. The SMILES string of the molecule is Cc1ccc2nc(-c3ccccc3)c(-c3ccccc3)nc2c1.Cc1cnc(-c2ccccc2)nn1.Cc1cnc2ccccc2n1.Cc1cnc2cccnc2n1.Cc1cnc2ccncc2n1.Cc1nc(-c2ccccc2)nc(-c2ccccc2)n1. The van der Waals surface area contributed by atoms with E-state index in [0.717, 1.165) is 106 Å². The largest absolute Gasteiger partial charge is 0.262 e. The molecule has 88 heavy (non-hydrogen) atoms. The fourth-order valence-corrected chi connectivity index (χ4v) is 8.67. The Morgan fingerprint density at radius 3 is 1.25 bits per heavy atom. The standard InChI is InChI=1S/C21H16N2.C16H13N3.C10H9N3.C9H8N2.2C8H7N3/c1-15-12-13-18-19(14-15)23-21(17-10-6-3-7-11-17)20(22-18)16-8-4-2-5-9-16;1-12-17-15(13-8-4-2-5-9-13)19-16(18-12)14-10-6-3-7-11-14;1-8-7-11-10(13-12-8)9-5-3-2-4-6-9;1-7-6-10-8-4-2-3-5-9(8)11-7;1-6-4-10-7-2-3-9-5-8(7)11-6;1-6-5-10-7-3-2-4-9-8(7)11-6/h2-14H,1H3;2-11H,1H3;2-7H,1H3;2-6H,1H3;2*2-5H,1H3. The molecule has 0 aliphatic carbocycles. The normalized spacial score (nSPS) is 10.4. The average molecular weight is 1150 g/mol. The quantitative estimate of drug-likeness (QED) is 0.157. The Hall–Kier alpha value is -11.8. The summed E-state index contributed by atoms with van der Waals surface area (Å²) in [5.41, 5.74) is 18.9. The van der Waals surface area contributed by atoms with Crippen molar-refractivity contribution in [2.75, 3.05) is 0 Å². The minimum atomic E-state index is 0.672. The molecule has 16 nitrogen and oxygen atoms in total. The van der Waals surface area contributed by atoms with Crippen molar-refractivity contribution < 1.29 is 0 Å². The minimum Gasteiger partial charge on any atom is -0.262 e. The molecule has 8 aromatic heterocycles. The molecule has 0 spiro atoms.